The largest absolute Gasteiger partial charge is 0.478 e. The van der Waals surface area contributed by atoms with E-state index in [0.29, 0.717) is 26.1 Å². The molecule has 0 spiro atoms. The number of nitrogens with zero attached hydrogens (tertiary/aromatic N) is 1. The Hall–Kier alpha value is -1.44. The first-order valence-corrected chi connectivity index (χ1v) is 8.18. The number of carboxylic acid groups (broad SMARTS) is 1. The summed E-state index contributed by atoms with van der Waals surface area (Å²) in [5.74, 6) is -1.13. The van der Waals surface area contributed by atoms with E-state index in [1.165, 1.54) is 36.5 Å². The van der Waals surface area contributed by atoms with Gasteiger partial charge < -0.3 is 9.84 Å². The van der Waals surface area contributed by atoms with Crippen molar-refractivity contribution < 1.29 is 23.1 Å². The highest BCUT2D eigenvalue weighted by Gasteiger charge is 2.31. The summed E-state index contributed by atoms with van der Waals surface area (Å²) in [7, 11) is -2.17. The van der Waals surface area contributed by atoms with Gasteiger partial charge in [0.1, 0.15) is 0 Å². The Bertz CT molecular complexity index is 635. The summed E-state index contributed by atoms with van der Waals surface area (Å²) in [6.45, 7) is 2.60. The van der Waals surface area contributed by atoms with Crippen LogP contribution < -0.4 is 0 Å². The van der Waals surface area contributed by atoms with Crippen LogP contribution in [-0.2, 0) is 14.8 Å². The zero-order valence-corrected chi connectivity index (χ0v) is 12.9. The van der Waals surface area contributed by atoms with Crippen molar-refractivity contribution in [2.75, 3.05) is 20.3 Å². The molecule has 1 N–H and O–H groups in total. The fourth-order valence-electron chi connectivity index (χ4n) is 2.53. The van der Waals surface area contributed by atoms with Crippen LogP contribution in [0.25, 0.3) is 0 Å². The van der Waals surface area contributed by atoms with Gasteiger partial charge in [0.25, 0.3) is 0 Å². The molecule has 1 aliphatic heterocycles. The average molecular weight is 313 g/mol. The van der Waals surface area contributed by atoms with Crippen molar-refractivity contribution in [2.24, 2.45) is 0 Å². The van der Waals surface area contributed by atoms with Crippen LogP contribution in [0.4, 0.5) is 0 Å². The molecule has 0 saturated carbocycles. The van der Waals surface area contributed by atoms with E-state index < -0.39 is 16.0 Å². The molecule has 2 rings (SSSR count). The van der Waals surface area contributed by atoms with Gasteiger partial charge >= 0.3 is 5.97 Å². The molecule has 6 nitrogen and oxygen atoms in total. The van der Waals surface area contributed by atoms with Gasteiger partial charge in [-0.3, -0.25) is 0 Å². The van der Waals surface area contributed by atoms with Gasteiger partial charge in [-0.1, -0.05) is 6.07 Å². The van der Waals surface area contributed by atoms with Crippen molar-refractivity contribution in [2.45, 2.75) is 30.7 Å². The van der Waals surface area contributed by atoms with Crippen LogP contribution in [0, 0.1) is 6.92 Å². The summed E-state index contributed by atoms with van der Waals surface area (Å²) in [5.41, 5.74) is 0.278. The molecule has 0 aliphatic carbocycles. The molecule has 1 aromatic rings. The molecule has 1 heterocycles. The van der Waals surface area contributed by atoms with Gasteiger partial charge in [-0.05, 0) is 37.5 Å². The standard InChI is InChI=1S/C14H19NO5S/c1-10-12(14(16)17)4-3-5-13(10)21(18,19)15(2)11-6-8-20-9-7-11/h3-5,11H,6-9H2,1-2H3,(H,16,17). The quantitative estimate of drug-likeness (QED) is 0.910. The Balaban J connectivity index is 2.39. The Morgan fingerprint density at radius 3 is 2.52 bits per heavy atom. The molecule has 1 aromatic carbocycles. The lowest BCUT2D eigenvalue weighted by atomic mass is 10.1. The topological polar surface area (TPSA) is 83.9 Å². The lowest BCUT2D eigenvalue weighted by molar-refractivity contribution is 0.0632. The minimum Gasteiger partial charge on any atom is -0.478 e. The fraction of sp³-hybridized carbons (Fsp3) is 0.500. The third-order valence-corrected chi connectivity index (χ3v) is 5.93. The van der Waals surface area contributed by atoms with Crippen molar-refractivity contribution in [3.05, 3.63) is 29.3 Å². The van der Waals surface area contributed by atoms with E-state index >= 15 is 0 Å². The lowest BCUT2D eigenvalue weighted by Gasteiger charge is -2.30. The minimum absolute atomic E-state index is 0.0106. The maximum absolute atomic E-state index is 12.7. The first-order valence-electron chi connectivity index (χ1n) is 6.74. The number of carbonyl (C=O) groups is 1. The monoisotopic (exact) mass is 313 g/mol. The van der Waals surface area contributed by atoms with Gasteiger partial charge in [-0.2, -0.15) is 4.31 Å². The third kappa shape index (κ3) is 3.09. The Morgan fingerprint density at radius 1 is 1.33 bits per heavy atom. The maximum atomic E-state index is 12.7. The minimum atomic E-state index is -3.71. The highest BCUT2D eigenvalue weighted by molar-refractivity contribution is 7.89. The predicted octanol–water partition coefficient (Wildman–Crippen LogP) is 1.49. The molecular formula is C14H19NO5S. The summed E-state index contributed by atoms with van der Waals surface area (Å²) in [5, 5.41) is 9.12. The van der Waals surface area contributed by atoms with E-state index in [0.717, 1.165) is 0 Å². The van der Waals surface area contributed by atoms with Crippen LogP contribution in [0.15, 0.2) is 23.1 Å². The van der Waals surface area contributed by atoms with Gasteiger partial charge in [0.05, 0.1) is 10.5 Å². The predicted molar refractivity (Wildman–Crippen MR) is 76.9 cm³/mol. The summed E-state index contributed by atoms with van der Waals surface area (Å²) in [4.78, 5) is 11.2. The molecule has 7 heteroatoms. The molecule has 0 radical (unpaired) electrons. The first-order chi connectivity index (χ1) is 9.85. The normalized spacial score (nSPS) is 17.1. The summed E-state index contributed by atoms with van der Waals surface area (Å²) < 4.78 is 32.0. The lowest BCUT2D eigenvalue weighted by Crippen LogP contribution is -2.40. The van der Waals surface area contributed by atoms with Gasteiger partial charge in [0, 0.05) is 26.3 Å². The van der Waals surface area contributed by atoms with Gasteiger partial charge in [0.15, 0.2) is 0 Å². The second-order valence-corrected chi connectivity index (χ2v) is 7.06. The van der Waals surface area contributed by atoms with E-state index in [4.69, 9.17) is 9.84 Å². The molecule has 0 aromatic heterocycles. The summed E-state index contributed by atoms with van der Waals surface area (Å²) in [6.07, 6.45) is 1.29. The average Bonchev–Trinajstić information content (AvgIpc) is 2.47. The zero-order chi connectivity index (χ0) is 15.6. The van der Waals surface area contributed by atoms with Crippen LogP contribution >= 0.6 is 0 Å². The smallest absolute Gasteiger partial charge is 0.335 e. The molecule has 1 saturated heterocycles. The van der Waals surface area contributed by atoms with E-state index in [1.54, 1.807) is 0 Å². The van der Waals surface area contributed by atoms with Gasteiger partial charge in [0.2, 0.25) is 10.0 Å². The zero-order valence-electron chi connectivity index (χ0n) is 12.1. The van der Waals surface area contributed by atoms with Gasteiger partial charge in [-0.25, -0.2) is 13.2 Å². The summed E-state index contributed by atoms with van der Waals surface area (Å²) >= 11 is 0. The molecule has 0 amide bonds. The molecular weight excluding hydrogens is 294 g/mol. The molecule has 1 aliphatic rings. The van der Waals surface area contributed by atoms with E-state index in [-0.39, 0.29) is 22.1 Å². The van der Waals surface area contributed by atoms with E-state index in [1.807, 2.05) is 0 Å². The number of carboxylic acids is 1. The molecule has 0 unspecified atom stereocenters. The van der Waals surface area contributed by atoms with Crippen molar-refractivity contribution in [3.63, 3.8) is 0 Å². The highest BCUT2D eigenvalue weighted by Crippen LogP contribution is 2.25. The van der Waals surface area contributed by atoms with Crippen molar-refractivity contribution in [1.82, 2.24) is 4.31 Å². The number of benzene rings is 1. The fourth-order valence-corrected chi connectivity index (χ4v) is 4.19. The van der Waals surface area contributed by atoms with Crippen LogP contribution in [0.3, 0.4) is 0 Å². The van der Waals surface area contributed by atoms with Crippen molar-refractivity contribution in [3.8, 4) is 0 Å². The van der Waals surface area contributed by atoms with Crippen LogP contribution in [-0.4, -0.2) is 50.1 Å². The highest BCUT2D eigenvalue weighted by atomic mass is 32.2. The SMILES string of the molecule is Cc1c(C(=O)O)cccc1S(=O)(=O)N(C)C1CCOCC1. The maximum Gasteiger partial charge on any atom is 0.335 e. The Kier molecular flexibility index (Phi) is 4.65. The number of sulfonamides is 1. The molecule has 116 valence electrons. The van der Waals surface area contributed by atoms with Crippen LogP contribution in [0.2, 0.25) is 0 Å². The number of aromatic carboxylic acids is 1. The summed E-state index contributed by atoms with van der Waals surface area (Å²) in [6, 6.07) is 4.20. The van der Waals surface area contributed by atoms with Crippen molar-refractivity contribution in [1.29, 1.82) is 0 Å². The third-order valence-electron chi connectivity index (χ3n) is 3.88. The molecule has 1 fully saturated rings. The Morgan fingerprint density at radius 2 is 1.95 bits per heavy atom. The second-order valence-electron chi connectivity index (χ2n) is 5.10. The van der Waals surface area contributed by atoms with Crippen LogP contribution in [0.1, 0.15) is 28.8 Å². The van der Waals surface area contributed by atoms with E-state index in [2.05, 4.69) is 0 Å². The number of hydrogen-bond donors (Lipinski definition) is 1. The first kappa shape index (κ1) is 15.9. The number of rotatable bonds is 4. The number of hydrogen-bond acceptors (Lipinski definition) is 4. The number of ether oxygens (including phenoxy) is 1. The van der Waals surface area contributed by atoms with E-state index in [9.17, 15) is 13.2 Å². The van der Waals surface area contributed by atoms with Gasteiger partial charge in [-0.15, -0.1) is 0 Å². The molecule has 21 heavy (non-hydrogen) atoms. The molecule has 0 atom stereocenters. The van der Waals surface area contributed by atoms with Crippen LogP contribution in [0.5, 0.6) is 0 Å². The van der Waals surface area contributed by atoms with Crippen molar-refractivity contribution >= 4 is 16.0 Å². The molecule has 0 bridgehead atoms. The Labute approximate surface area is 124 Å². The second kappa shape index (κ2) is 6.13.